The molecule has 5 fully saturated rings. The van der Waals surface area contributed by atoms with Crippen molar-refractivity contribution < 1.29 is 14.3 Å². The van der Waals surface area contributed by atoms with Gasteiger partial charge in [-0.25, -0.2) is 9.78 Å². The molecule has 180 valence electrons. The maximum Gasteiger partial charge on any atom is 0.328 e. The lowest BCUT2D eigenvalue weighted by Gasteiger charge is -2.63. The highest BCUT2D eigenvalue weighted by atomic mass is 16.5. The third-order valence-corrected chi connectivity index (χ3v) is 9.03. The predicted molar refractivity (Wildman–Crippen MR) is 122 cm³/mol. The molecule has 3 unspecified atom stereocenters. The number of ether oxygens (including phenoxy) is 1. The molecule has 2 heterocycles. The van der Waals surface area contributed by atoms with E-state index in [0.29, 0.717) is 24.2 Å². The molecule has 1 aliphatic heterocycles. The molecule has 34 heavy (non-hydrogen) atoms. The molecule has 9 heteroatoms. The van der Waals surface area contributed by atoms with E-state index >= 15 is 0 Å². The number of piperidine rings is 1. The fraction of sp³-hybridized carbons (Fsp3) is 0.680. The van der Waals surface area contributed by atoms with Gasteiger partial charge in [-0.15, -0.1) is 0 Å². The number of hydrogen-bond donors (Lipinski definition) is 2. The van der Waals surface area contributed by atoms with Crippen molar-refractivity contribution in [3.05, 3.63) is 29.6 Å². The Labute approximate surface area is 199 Å². The second-order valence-corrected chi connectivity index (χ2v) is 11.2. The Hall–Kier alpha value is -2.70. The Morgan fingerprint density at radius 1 is 1.38 bits per heavy atom. The lowest BCUT2D eigenvalue weighted by molar-refractivity contribution is -0.148. The zero-order valence-corrected chi connectivity index (χ0v) is 19.7. The Bertz CT molecular complexity index is 1090. The van der Waals surface area contributed by atoms with E-state index in [4.69, 9.17) is 10.5 Å². The normalized spacial score (nSPS) is 36.6. The van der Waals surface area contributed by atoms with Crippen molar-refractivity contribution in [3.63, 3.8) is 0 Å². The SMILES string of the molecule is CN(C)[C@@H](Cc1ncc[nH]1)C(=O)OC1=C2C3CC(C1)CC2([C@H](N)C(=O)N1[C@H](C#N)C[C@@H]2C[C@@H]21)C3. The topological polar surface area (TPSA) is 128 Å². The van der Waals surface area contributed by atoms with Gasteiger partial charge in [-0.05, 0) is 69.5 Å². The molecule has 1 saturated heterocycles. The van der Waals surface area contributed by atoms with E-state index < -0.39 is 17.5 Å². The third-order valence-electron chi connectivity index (χ3n) is 9.03. The summed E-state index contributed by atoms with van der Waals surface area (Å²) in [7, 11) is 3.72. The van der Waals surface area contributed by atoms with Crippen molar-refractivity contribution in [2.75, 3.05) is 14.1 Å². The van der Waals surface area contributed by atoms with Crippen molar-refractivity contribution in [2.45, 2.75) is 69.1 Å². The third kappa shape index (κ3) is 3.15. The van der Waals surface area contributed by atoms with E-state index in [9.17, 15) is 14.9 Å². The Morgan fingerprint density at radius 3 is 2.88 bits per heavy atom. The van der Waals surface area contributed by atoms with Crippen LogP contribution >= 0.6 is 0 Å². The Kier molecular flexibility index (Phi) is 4.91. The van der Waals surface area contributed by atoms with Crippen LogP contribution in [-0.4, -0.2) is 69.9 Å². The van der Waals surface area contributed by atoms with Crippen LogP contribution < -0.4 is 5.73 Å². The first-order chi connectivity index (χ1) is 16.3. The standard InChI is InChI=1S/C25H32N6O3/c1-30(2)18(9-20-28-3-4-29-20)24(33)34-19-6-13-5-15-11-25(10-13,21(15)19)22(27)23(32)31-16(12-26)7-14-8-17(14)31/h3-4,13-18,22H,5-11,27H2,1-2H3,(H,28,29)/t13?,14-,15?,16+,17+,18+,22-,25?/m1/s1. The summed E-state index contributed by atoms with van der Waals surface area (Å²) < 4.78 is 6.07. The van der Waals surface area contributed by atoms with Gasteiger partial charge in [0.15, 0.2) is 0 Å². The molecule has 0 spiro atoms. The molecular weight excluding hydrogens is 432 g/mol. The summed E-state index contributed by atoms with van der Waals surface area (Å²) in [5.74, 6) is 2.27. The minimum Gasteiger partial charge on any atom is -0.430 e. The number of fused-ring (bicyclic) bond motifs is 2. The molecule has 8 rings (SSSR count). The second-order valence-electron chi connectivity index (χ2n) is 11.2. The Balaban J connectivity index is 1.24. The van der Waals surface area contributed by atoms with Crippen molar-refractivity contribution in [2.24, 2.45) is 28.9 Å². The molecule has 4 saturated carbocycles. The highest BCUT2D eigenvalue weighted by Gasteiger charge is 2.65. The molecule has 6 aliphatic carbocycles. The van der Waals surface area contributed by atoms with Crippen LogP contribution in [0.25, 0.3) is 0 Å². The van der Waals surface area contributed by atoms with Gasteiger partial charge in [0.2, 0.25) is 5.91 Å². The van der Waals surface area contributed by atoms with Crippen LogP contribution in [0.2, 0.25) is 0 Å². The van der Waals surface area contributed by atoms with Crippen LogP contribution in [0.15, 0.2) is 23.7 Å². The number of esters is 1. The average molecular weight is 465 g/mol. The summed E-state index contributed by atoms with van der Waals surface area (Å²) in [6.07, 6.45) is 9.17. The number of carbonyl (C=O) groups excluding carboxylic acids is 2. The number of nitriles is 1. The number of carbonyl (C=O) groups is 2. The first kappa shape index (κ1) is 21.8. The molecule has 9 nitrogen and oxygen atoms in total. The summed E-state index contributed by atoms with van der Waals surface area (Å²) in [5, 5.41) is 9.56. The zero-order valence-electron chi connectivity index (χ0n) is 19.7. The fourth-order valence-corrected chi connectivity index (χ4v) is 7.42. The largest absolute Gasteiger partial charge is 0.430 e. The van der Waals surface area contributed by atoms with E-state index in [-0.39, 0.29) is 24.0 Å². The highest BCUT2D eigenvalue weighted by molar-refractivity contribution is 5.86. The number of amides is 1. The highest BCUT2D eigenvalue weighted by Crippen LogP contribution is 2.68. The van der Waals surface area contributed by atoms with Crippen molar-refractivity contribution in [1.29, 1.82) is 5.26 Å². The molecule has 1 aromatic rings. The summed E-state index contributed by atoms with van der Waals surface area (Å²) in [6.45, 7) is 0. The molecule has 4 bridgehead atoms. The molecule has 8 atom stereocenters. The van der Waals surface area contributed by atoms with Gasteiger partial charge >= 0.3 is 5.97 Å². The van der Waals surface area contributed by atoms with Gasteiger partial charge in [0, 0.05) is 36.7 Å². The number of likely N-dealkylation sites (N-methyl/N-ethyl adjacent to an activating group) is 1. The average Bonchev–Trinajstić information content (AvgIpc) is 3.19. The predicted octanol–water partition coefficient (Wildman–Crippen LogP) is 1.34. The second kappa shape index (κ2) is 7.65. The number of aromatic nitrogens is 2. The number of aromatic amines is 1. The van der Waals surface area contributed by atoms with Crippen molar-refractivity contribution in [3.8, 4) is 6.07 Å². The fourth-order valence-electron chi connectivity index (χ4n) is 7.42. The minimum absolute atomic E-state index is 0.0929. The number of rotatable bonds is 7. The van der Waals surface area contributed by atoms with Gasteiger partial charge < -0.3 is 20.4 Å². The Morgan fingerprint density at radius 2 is 2.21 bits per heavy atom. The lowest BCUT2D eigenvalue weighted by Crippen LogP contribution is -2.65. The number of likely N-dealkylation sites (tertiary alicyclic amines) is 1. The number of nitrogens with one attached hydrogen (secondary N) is 1. The van der Waals surface area contributed by atoms with Crippen LogP contribution in [0, 0.1) is 34.5 Å². The molecule has 0 radical (unpaired) electrons. The van der Waals surface area contributed by atoms with Crippen molar-refractivity contribution >= 4 is 11.9 Å². The number of hydrogen-bond acceptors (Lipinski definition) is 7. The number of allylic oxidation sites excluding steroid dienone is 1. The molecular formula is C25H32N6O3. The van der Waals surface area contributed by atoms with E-state index in [1.54, 1.807) is 17.3 Å². The smallest absolute Gasteiger partial charge is 0.328 e. The van der Waals surface area contributed by atoms with Gasteiger partial charge in [-0.2, -0.15) is 5.26 Å². The summed E-state index contributed by atoms with van der Waals surface area (Å²) in [5.41, 5.74) is 7.39. The molecule has 1 aromatic heterocycles. The first-order valence-corrected chi connectivity index (χ1v) is 12.4. The maximum atomic E-state index is 13.6. The minimum atomic E-state index is -0.682. The number of nitrogens with two attached hydrogens (primary N) is 1. The van der Waals surface area contributed by atoms with Crippen LogP contribution in [0.1, 0.15) is 44.3 Å². The zero-order chi connectivity index (χ0) is 23.8. The summed E-state index contributed by atoms with van der Waals surface area (Å²) in [4.78, 5) is 37.7. The van der Waals surface area contributed by atoms with E-state index in [1.165, 1.54) is 0 Å². The van der Waals surface area contributed by atoms with E-state index in [2.05, 4.69) is 16.0 Å². The summed E-state index contributed by atoms with van der Waals surface area (Å²) in [6, 6.07) is 0.988. The molecule has 7 aliphatic rings. The van der Waals surface area contributed by atoms with Crippen LogP contribution in [0.5, 0.6) is 0 Å². The molecule has 3 N–H and O–H groups in total. The van der Waals surface area contributed by atoms with Crippen LogP contribution in [0.4, 0.5) is 0 Å². The van der Waals surface area contributed by atoms with Gasteiger partial charge in [-0.1, -0.05) is 0 Å². The van der Waals surface area contributed by atoms with Gasteiger partial charge in [-0.3, -0.25) is 9.69 Å². The quantitative estimate of drug-likeness (QED) is 0.583. The summed E-state index contributed by atoms with van der Waals surface area (Å²) >= 11 is 0. The van der Waals surface area contributed by atoms with Gasteiger partial charge in [0.05, 0.1) is 12.1 Å². The number of nitrogens with zero attached hydrogens (tertiary/aromatic N) is 4. The number of imidazole rings is 1. The van der Waals surface area contributed by atoms with E-state index in [1.807, 2.05) is 19.0 Å². The van der Waals surface area contributed by atoms with Crippen LogP contribution in [0.3, 0.4) is 0 Å². The maximum absolute atomic E-state index is 13.6. The van der Waals surface area contributed by atoms with E-state index in [0.717, 1.165) is 55.7 Å². The lowest BCUT2D eigenvalue weighted by atomic mass is 9.42. The van der Waals surface area contributed by atoms with Gasteiger partial charge in [0.25, 0.3) is 0 Å². The molecule has 0 aromatic carbocycles. The monoisotopic (exact) mass is 464 g/mol. The van der Waals surface area contributed by atoms with Crippen molar-refractivity contribution in [1.82, 2.24) is 19.8 Å². The molecule has 1 amide bonds. The van der Waals surface area contributed by atoms with Gasteiger partial charge in [0.1, 0.15) is 23.7 Å². The van der Waals surface area contributed by atoms with Crippen LogP contribution in [-0.2, 0) is 20.7 Å². The number of H-pyrrole nitrogens is 1. The first-order valence-electron chi connectivity index (χ1n) is 12.4.